The second-order valence-electron chi connectivity index (χ2n) is 7.97. The summed E-state index contributed by atoms with van der Waals surface area (Å²) in [5.41, 5.74) is 7.38. The smallest absolute Gasteiger partial charge is 0.231 e. The Kier molecular flexibility index (Phi) is 7.86. The first-order chi connectivity index (χ1) is 13.7. The number of likely N-dealkylation sites (N-methyl/N-ethyl adjacent to an activating group) is 1. The third-order valence-electron chi connectivity index (χ3n) is 6.41. The summed E-state index contributed by atoms with van der Waals surface area (Å²) in [5.74, 6) is 2.17. The van der Waals surface area contributed by atoms with E-state index in [1.807, 2.05) is 6.07 Å². The van der Waals surface area contributed by atoms with Gasteiger partial charge < -0.3 is 25.3 Å². The Morgan fingerprint density at radius 2 is 2.07 bits per heavy atom. The lowest BCUT2D eigenvalue weighted by Gasteiger charge is -2.36. The van der Waals surface area contributed by atoms with Crippen molar-refractivity contribution in [3.05, 3.63) is 23.8 Å². The van der Waals surface area contributed by atoms with Crippen molar-refractivity contribution in [1.82, 2.24) is 10.2 Å². The number of nitrogens with one attached hydrogen (secondary N) is 1. The minimum atomic E-state index is -0.0751. The first-order valence-corrected chi connectivity index (χ1v) is 10.5. The lowest BCUT2D eigenvalue weighted by atomic mass is 9.74. The fourth-order valence-electron chi connectivity index (χ4n) is 4.58. The minimum Gasteiger partial charge on any atom is -0.454 e. The molecule has 7 nitrogen and oxygen atoms in total. The highest BCUT2D eigenvalue weighted by Gasteiger charge is 2.35. The first kappa shape index (κ1) is 22.4. The summed E-state index contributed by atoms with van der Waals surface area (Å²) in [6, 6.07) is 6.80. The standard InChI is InChI=1S/C21H32N4O3.HI/c1-2-25-9-3-4-17(25)13-23-20(22)24-14-21(7-10-26-11-8-21)16-5-6-18-19(12-16)28-15-27-18;/h5-6,12,17H,2-4,7-11,13-15H2,1H3,(H3,22,23,24);1H. The fraction of sp³-hybridized carbons (Fsp3) is 0.667. The maximum Gasteiger partial charge on any atom is 0.231 e. The van der Waals surface area contributed by atoms with E-state index in [4.69, 9.17) is 24.9 Å². The van der Waals surface area contributed by atoms with Crippen molar-refractivity contribution in [2.45, 2.75) is 44.1 Å². The van der Waals surface area contributed by atoms with Gasteiger partial charge in [-0.1, -0.05) is 13.0 Å². The molecule has 1 atom stereocenters. The van der Waals surface area contributed by atoms with E-state index in [1.165, 1.54) is 24.9 Å². The molecule has 0 aliphatic carbocycles. The van der Waals surface area contributed by atoms with E-state index >= 15 is 0 Å². The Morgan fingerprint density at radius 3 is 2.86 bits per heavy atom. The van der Waals surface area contributed by atoms with Gasteiger partial charge in [0.15, 0.2) is 17.5 Å². The summed E-state index contributed by atoms with van der Waals surface area (Å²) < 4.78 is 16.7. The minimum absolute atomic E-state index is 0. The van der Waals surface area contributed by atoms with E-state index in [0.29, 0.717) is 25.3 Å². The number of guanidine groups is 1. The van der Waals surface area contributed by atoms with Gasteiger partial charge in [0.05, 0.1) is 6.54 Å². The van der Waals surface area contributed by atoms with Gasteiger partial charge in [-0.3, -0.25) is 9.89 Å². The molecule has 2 fully saturated rings. The van der Waals surface area contributed by atoms with Gasteiger partial charge in [0, 0.05) is 31.2 Å². The Morgan fingerprint density at radius 1 is 1.28 bits per heavy atom. The molecule has 1 aromatic carbocycles. The molecule has 0 spiro atoms. The predicted molar refractivity (Wildman–Crippen MR) is 124 cm³/mol. The number of nitrogens with two attached hydrogens (primary N) is 1. The second kappa shape index (κ2) is 10.2. The second-order valence-corrected chi connectivity index (χ2v) is 7.97. The highest BCUT2D eigenvalue weighted by atomic mass is 127. The van der Waals surface area contributed by atoms with Crippen LogP contribution in [0.1, 0.15) is 38.2 Å². The molecule has 3 aliphatic heterocycles. The Labute approximate surface area is 190 Å². The molecule has 3 N–H and O–H groups in total. The topological polar surface area (TPSA) is 81.3 Å². The number of fused-ring (bicyclic) bond motifs is 1. The van der Waals surface area contributed by atoms with Crippen LogP contribution < -0.4 is 20.5 Å². The van der Waals surface area contributed by atoms with Crippen molar-refractivity contribution >= 4 is 29.9 Å². The van der Waals surface area contributed by atoms with Gasteiger partial charge in [-0.15, -0.1) is 24.0 Å². The van der Waals surface area contributed by atoms with Crippen LogP contribution in [-0.2, 0) is 10.2 Å². The number of nitrogens with zero attached hydrogens (tertiary/aromatic N) is 2. The van der Waals surface area contributed by atoms with Gasteiger partial charge in [-0.2, -0.15) is 0 Å². The molecule has 1 aromatic rings. The predicted octanol–water partition coefficient (Wildman–Crippen LogP) is 2.47. The zero-order valence-electron chi connectivity index (χ0n) is 17.2. The third-order valence-corrected chi connectivity index (χ3v) is 6.41. The van der Waals surface area contributed by atoms with E-state index in [-0.39, 0.29) is 29.4 Å². The van der Waals surface area contributed by atoms with Gasteiger partial charge in [0.2, 0.25) is 6.79 Å². The molecule has 3 aliphatic rings. The van der Waals surface area contributed by atoms with E-state index in [2.05, 4.69) is 29.3 Å². The summed E-state index contributed by atoms with van der Waals surface area (Å²) in [5, 5.41) is 3.35. The number of halogens is 1. The van der Waals surface area contributed by atoms with Crippen molar-refractivity contribution < 1.29 is 14.2 Å². The largest absolute Gasteiger partial charge is 0.454 e. The van der Waals surface area contributed by atoms with Crippen LogP contribution in [0.4, 0.5) is 0 Å². The summed E-state index contributed by atoms with van der Waals surface area (Å²) >= 11 is 0. The molecular formula is C21H33IN4O3. The molecule has 0 radical (unpaired) electrons. The highest BCUT2D eigenvalue weighted by Crippen LogP contribution is 2.41. The van der Waals surface area contributed by atoms with Crippen LogP contribution in [0.25, 0.3) is 0 Å². The molecule has 0 saturated carbocycles. The number of aliphatic imine (C=N–C) groups is 1. The average molecular weight is 516 g/mol. The van der Waals surface area contributed by atoms with Crippen LogP contribution in [0.2, 0.25) is 0 Å². The first-order valence-electron chi connectivity index (χ1n) is 10.5. The number of benzene rings is 1. The molecule has 1 unspecified atom stereocenters. The lowest BCUT2D eigenvalue weighted by molar-refractivity contribution is 0.0530. The molecule has 29 heavy (non-hydrogen) atoms. The van der Waals surface area contributed by atoms with E-state index in [9.17, 15) is 0 Å². The summed E-state index contributed by atoms with van der Waals surface area (Å²) in [4.78, 5) is 7.25. The lowest BCUT2D eigenvalue weighted by Crippen LogP contribution is -2.44. The summed E-state index contributed by atoms with van der Waals surface area (Å²) in [7, 11) is 0. The fourth-order valence-corrected chi connectivity index (χ4v) is 4.58. The van der Waals surface area contributed by atoms with Crippen molar-refractivity contribution in [2.75, 3.05) is 46.2 Å². The zero-order chi connectivity index (χ0) is 19.4. The molecule has 3 heterocycles. The molecule has 0 aromatic heterocycles. The van der Waals surface area contributed by atoms with Gasteiger partial charge >= 0.3 is 0 Å². The maximum atomic E-state index is 6.23. The Bertz CT molecular complexity index is 709. The molecule has 0 bridgehead atoms. The van der Waals surface area contributed by atoms with E-state index in [0.717, 1.165) is 50.6 Å². The van der Waals surface area contributed by atoms with Crippen LogP contribution in [0.3, 0.4) is 0 Å². The maximum absolute atomic E-state index is 6.23. The molecular weight excluding hydrogens is 483 g/mol. The monoisotopic (exact) mass is 516 g/mol. The highest BCUT2D eigenvalue weighted by molar-refractivity contribution is 14.0. The normalized spacial score (nSPS) is 23.6. The number of hydrogen-bond acceptors (Lipinski definition) is 5. The number of rotatable bonds is 6. The molecule has 0 amide bonds. The molecule has 2 saturated heterocycles. The van der Waals surface area contributed by atoms with Crippen molar-refractivity contribution in [2.24, 2.45) is 10.7 Å². The van der Waals surface area contributed by atoms with Crippen LogP contribution in [0.5, 0.6) is 11.5 Å². The average Bonchev–Trinajstić information content (AvgIpc) is 3.39. The van der Waals surface area contributed by atoms with Crippen LogP contribution >= 0.6 is 24.0 Å². The van der Waals surface area contributed by atoms with Crippen molar-refractivity contribution in [1.29, 1.82) is 0 Å². The molecule has 8 heteroatoms. The number of hydrogen-bond donors (Lipinski definition) is 2. The van der Waals surface area contributed by atoms with Crippen LogP contribution in [0, 0.1) is 0 Å². The molecule has 162 valence electrons. The van der Waals surface area contributed by atoms with Gasteiger partial charge in [-0.25, -0.2) is 0 Å². The van der Waals surface area contributed by atoms with E-state index < -0.39 is 0 Å². The van der Waals surface area contributed by atoms with Gasteiger partial charge in [0.25, 0.3) is 0 Å². The number of likely N-dealkylation sites (tertiary alicyclic amines) is 1. The van der Waals surface area contributed by atoms with E-state index in [1.54, 1.807) is 0 Å². The van der Waals surface area contributed by atoms with Crippen molar-refractivity contribution in [3.8, 4) is 11.5 Å². The quantitative estimate of drug-likeness (QED) is 0.344. The van der Waals surface area contributed by atoms with Crippen LogP contribution in [-0.4, -0.2) is 63.1 Å². The molecule has 4 rings (SSSR count). The Hall–Kier alpha value is -1.26. The number of ether oxygens (including phenoxy) is 3. The van der Waals surface area contributed by atoms with Crippen LogP contribution in [0.15, 0.2) is 23.2 Å². The third kappa shape index (κ3) is 5.08. The zero-order valence-corrected chi connectivity index (χ0v) is 19.5. The van der Waals surface area contributed by atoms with Crippen molar-refractivity contribution in [3.63, 3.8) is 0 Å². The van der Waals surface area contributed by atoms with Gasteiger partial charge in [-0.05, 0) is 56.5 Å². The Balaban J connectivity index is 0.00000240. The SMILES string of the molecule is CCN1CCCC1CNC(N)=NCC1(c2ccc3c(c2)OCO3)CCOCC1.I. The summed E-state index contributed by atoms with van der Waals surface area (Å²) in [6.07, 6.45) is 4.35. The van der Waals surface area contributed by atoms with Gasteiger partial charge in [0.1, 0.15) is 0 Å². The summed E-state index contributed by atoms with van der Waals surface area (Å²) in [6.45, 7) is 7.79.